The second-order valence-electron chi connectivity index (χ2n) is 5.49. The number of sulfonamides is 1. The Kier molecular flexibility index (Phi) is 4.31. The third kappa shape index (κ3) is 3.29. The van der Waals surface area contributed by atoms with Gasteiger partial charge in [-0.3, -0.25) is 0 Å². The van der Waals surface area contributed by atoms with E-state index in [1.54, 1.807) is 6.07 Å². The molecule has 1 saturated carbocycles. The lowest BCUT2D eigenvalue weighted by atomic mass is 10.2. The SMILES string of the molecule is O=S(=O)(NCCCC1CC1)c1c(CO)sc2ccccc12. The lowest BCUT2D eigenvalue weighted by Gasteiger charge is -2.07. The molecule has 1 heterocycles. The van der Waals surface area contributed by atoms with E-state index in [0.717, 1.165) is 23.5 Å². The lowest BCUT2D eigenvalue weighted by Crippen LogP contribution is -2.25. The van der Waals surface area contributed by atoms with Gasteiger partial charge in [0.2, 0.25) is 10.0 Å². The van der Waals surface area contributed by atoms with Crippen molar-refractivity contribution in [2.75, 3.05) is 6.54 Å². The summed E-state index contributed by atoms with van der Waals surface area (Å²) in [6, 6.07) is 7.37. The Labute approximate surface area is 128 Å². The van der Waals surface area contributed by atoms with Gasteiger partial charge in [0.1, 0.15) is 4.90 Å². The van der Waals surface area contributed by atoms with Crippen LogP contribution in [0.1, 0.15) is 30.6 Å². The molecule has 0 spiro atoms. The van der Waals surface area contributed by atoms with Crippen molar-refractivity contribution in [2.45, 2.75) is 37.2 Å². The van der Waals surface area contributed by atoms with Crippen LogP contribution in [0, 0.1) is 5.92 Å². The van der Waals surface area contributed by atoms with Crippen LogP contribution >= 0.6 is 11.3 Å². The van der Waals surface area contributed by atoms with Gasteiger partial charge in [-0.2, -0.15) is 0 Å². The maximum absolute atomic E-state index is 12.5. The minimum atomic E-state index is -3.56. The molecule has 1 aliphatic carbocycles. The second-order valence-corrected chi connectivity index (χ2v) is 8.33. The van der Waals surface area contributed by atoms with Gasteiger partial charge in [0.25, 0.3) is 0 Å². The summed E-state index contributed by atoms with van der Waals surface area (Å²) in [5.41, 5.74) is 0. The van der Waals surface area contributed by atoms with Gasteiger partial charge in [-0.25, -0.2) is 13.1 Å². The summed E-state index contributed by atoms with van der Waals surface area (Å²) >= 11 is 1.34. The first kappa shape index (κ1) is 15.0. The number of hydrogen-bond donors (Lipinski definition) is 2. The Hall–Kier alpha value is -0.950. The van der Waals surface area contributed by atoms with E-state index in [9.17, 15) is 13.5 Å². The minimum Gasteiger partial charge on any atom is -0.391 e. The fraction of sp³-hybridized carbons (Fsp3) is 0.467. The van der Waals surface area contributed by atoms with Crippen molar-refractivity contribution in [1.29, 1.82) is 0 Å². The zero-order valence-corrected chi connectivity index (χ0v) is 13.3. The summed E-state index contributed by atoms with van der Waals surface area (Å²) < 4.78 is 28.6. The van der Waals surface area contributed by atoms with Crippen LogP contribution in [-0.2, 0) is 16.6 Å². The third-order valence-corrected chi connectivity index (χ3v) is 6.68. The highest BCUT2D eigenvalue weighted by atomic mass is 32.2. The fourth-order valence-corrected chi connectivity index (χ4v) is 5.41. The van der Waals surface area contributed by atoms with Crippen LogP contribution in [0.5, 0.6) is 0 Å². The highest BCUT2D eigenvalue weighted by Gasteiger charge is 2.24. The first-order valence-corrected chi connectivity index (χ1v) is 9.52. The van der Waals surface area contributed by atoms with Gasteiger partial charge >= 0.3 is 0 Å². The van der Waals surface area contributed by atoms with Crippen molar-refractivity contribution in [2.24, 2.45) is 5.92 Å². The summed E-state index contributed by atoms with van der Waals surface area (Å²) in [5, 5.41) is 10.1. The summed E-state index contributed by atoms with van der Waals surface area (Å²) in [4.78, 5) is 0.753. The van der Waals surface area contributed by atoms with Crippen LogP contribution in [0.25, 0.3) is 10.1 Å². The molecule has 1 aliphatic rings. The minimum absolute atomic E-state index is 0.247. The van der Waals surface area contributed by atoms with E-state index in [1.807, 2.05) is 18.2 Å². The van der Waals surface area contributed by atoms with E-state index >= 15 is 0 Å². The van der Waals surface area contributed by atoms with Crippen molar-refractivity contribution < 1.29 is 13.5 Å². The molecule has 2 N–H and O–H groups in total. The number of thiophene rings is 1. The van der Waals surface area contributed by atoms with E-state index in [4.69, 9.17) is 0 Å². The Morgan fingerprint density at radius 3 is 2.76 bits per heavy atom. The fourth-order valence-electron chi connectivity index (χ4n) is 2.55. The summed E-state index contributed by atoms with van der Waals surface area (Å²) in [6.07, 6.45) is 4.55. The first-order valence-electron chi connectivity index (χ1n) is 7.23. The van der Waals surface area contributed by atoms with Gasteiger partial charge in [0, 0.05) is 16.6 Å². The smallest absolute Gasteiger partial charge is 0.242 e. The highest BCUT2D eigenvalue weighted by molar-refractivity contribution is 7.90. The standard InChI is InChI=1S/C15H19NO3S2/c17-10-14-15(12-5-1-2-6-13(12)20-14)21(18,19)16-9-3-4-11-7-8-11/h1-2,5-6,11,16-17H,3-4,7-10H2. The quantitative estimate of drug-likeness (QED) is 0.769. The number of benzene rings is 1. The lowest BCUT2D eigenvalue weighted by molar-refractivity contribution is 0.283. The van der Waals surface area contributed by atoms with Gasteiger partial charge in [-0.15, -0.1) is 11.3 Å². The van der Waals surface area contributed by atoms with E-state index in [-0.39, 0.29) is 11.5 Å². The largest absolute Gasteiger partial charge is 0.391 e. The Balaban J connectivity index is 1.82. The van der Waals surface area contributed by atoms with Gasteiger partial charge < -0.3 is 5.11 Å². The van der Waals surface area contributed by atoms with Crippen LogP contribution in [0.3, 0.4) is 0 Å². The average molecular weight is 325 g/mol. The molecular formula is C15H19NO3S2. The summed E-state index contributed by atoms with van der Waals surface area (Å²) in [5.74, 6) is 0.810. The van der Waals surface area contributed by atoms with Crippen LogP contribution < -0.4 is 4.72 Å². The van der Waals surface area contributed by atoms with Crippen molar-refractivity contribution >= 4 is 31.4 Å². The second kappa shape index (κ2) is 6.04. The van der Waals surface area contributed by atoms with Crippen molar-refractivity contribution in [3.05, 3.63) is 29.1 Å². The van der Waals surface area contributed by atoms with Gasteiger partial charge in [-0.05, 0) is 24.8 Å². The van der Waals surface area contributed by atoms with Gasteiger partial charge in [0.05, 0.1) is 11.5 Å². The van der Waals surface area contributed by atoms with Crippen molar-refractivity contribution in [1.82, 2.24) is 4.72 Å². The summed E-state index contributed by atoms with van der Waals surface area (Å²) in [6.45, 7) is 0.214. The Morgan fingerprint density at radius 2 is 2.05 bits per heavy atom. The molecule has 0 bridgehead atoms. The normalized spacial score (nSPS) is 15.7. The number of nitrogens with one attached hydrogen (secondary N) is 1. The first-order chi connectivity index (χ1) is 10.1. The molecule has 0 unspecified atom stereocenters. The van der Waals surface area contributed by atoms with Gasteiger partial charge in [-0.1, -0.05) is 31.0 Å². The van der Waals surface area contributed by atoms with Crippen LogP contribution in [0.2, 0.25) is 0 Å². The molecule has 0 aliphatic heterocycles. The monoisotopic (exact) mass is 325 g/mol. The third-order valence-electron chi connectivity index (χ3n) is 3.81. The Morgan fingerprint density at radius 1 is 1.29 bits per heavy atom. The number of rotatable bonds is 7. The van der Waals surface area contributed by atoms with Crippen LogP contribution in [-0.4, -0.2) is 20.1 Å². The number of aliphatic hydroxyl groups excluding tert-OH is 1. The van der Waals surface area contributed by atoms with E-state index in [2.05, 4.69) is 4.72 Å². The van der Waals surface area contributed by atoms with Crippen molar-refractivity contribution in [3.8, 4) is 0 Å². The molecular weight excluding hydrogens is 306 g/mol. The molecule has 1 fully saturated rings. The highest BCUT2D eigenvalue weighted by Crippen LogP contribution is 2.35. The molecule has 0 saturated heterocycles. The number of hydrogen-bond acceptors (Lipinski definition) is 4. The number of aliphatic hydroxyl groups is 1. The van der Waals surface area contributed by atoms with E-state index < -0.39 is 10.0 Å². The molecule has 0 radical (unpaired) electrons. The van der Waals surface area contributed by atoms with E-state index in [1.165, 1.54) is 24.2 Å². The van der Waals surface area contributed by atoms with Gasteiger partial charge in [0.15, 0.2) is 0 Å². The zero-order chi connectivity index (χ0) is 14.9. The molecule has 1 aromatic carbocycles. The molecule has 3 rings (SSSR count). The predicted octanol–water partition coefficient (Wildman–Crippen LogP) is 2.86. The average Bonchev–Trinajstić information content (AvgIpc) is 3.21. The van der Waals surface area contributed by atoms with E-state index in [0.29, 0.717) is 16.8 Å². The molecule has 21 heavy (non-hydrogen) atoms. The van der Waals surface area contributed by atoms with Crippen LogP contribution in [0.4, 0.5) is 0 Å². The zero-order valence-electron chi connectivity index (χ0n) is 11.7. The molecule has 0 atom stereocenters. The molecule has 114 valence electrons. The Bertz CT molecular complexity index is 732. The summed E-state index contributed by atoms with van der Waals surface area (Å²) in [7, 11) is -3.56. The molecule has 6 heteroatoms. The molecule has 4 nitrogen and oxygen atoms in total. The van der Waals surface area contributed by atoms with Crippen LogP contribution in [0.15, 0.2) is 29.2 Å². The van der Waals surface area contributed by atoms with Crippen molar-refractivity contribution in [3.63, 3.8) is 0 Å². The molecule has 0 amide bonds. The predicted molar refractivity (Wildman–Crippen MR) is 84.9 cm³/mol. The number of fused-ring (bicyclic) bond motifs is 1. The molecule has 2 aromatic rings. The topological polar surface area (TPSA) is 66.4 Å². The molecule has 1 aromatic heterocycles. The maximum Gasteiger partial charge on any atom is 0.242 e. The maximum atomic E-state index is 12.5.